The number of likely N-dealkylation sites (tertiary alicyclic amines) is 1. The van der Waals surface area contributed by atoms with Gasteiger partial charge in [-0.2, -0.15) is 0 Å². The van der Waals surface area contributed by atoms with Crippen LogP contribution >= 0.6 is 0 Å². The predicted molar refractivity (Wildman–Crippen MR) is 108 cm³/mol. The molecule has 30 heavy (non-hydrogen) atoms. The van der Waals surface area contributed by atoms with Gasteiger partial charge in [-0.1, -0.05) is 12.1 Å². The van der Waals surface area contributed by atoms with Crippen molar-refractivity contribution in [1.29, 1.82) is 0 Å². The summed E-state index contributed by atoms with van der Waals surface area (Å²) in [4.78, 5) is 45.6. The summed E-state index contributed by atoms with van der Waals surface area (Å²) in [5, 5.41) is 2.71. The van der Waals surface area contributed by atoms with Crippen molar-refractivity contribution in [3.8, 4) is 0 Å². The molecule has 7 nitrogen and oxygen atoms in total. The van der Waals surface area contributed by atoms with Crippen molar-refractivity contribution in [3.05, 3.63) is 83.2 Å². The van der Waals surface area contributed by atoms with E-state index in [2.05, 4.69) is 15.3 Å². The first-order valence-electron chi connectivity index (χ1n) is 9.53. The fourth-order valence-electron chi connectivity index (χ4n) is 3.13. The van der Waals surface area contributed by atoms with Crippen LogP contribution in [0.4, 0.5) is 10.1 Å². The number of halogens is 1. The van der Waals surface area contributed by atoms with Crippen molar-refractivity contribution < 1.29 is 18.8 Å². The molecule has 0 unspecified atom stereocenters. The molecular formula is C22H19FN4O3. The lowest BCUT2D eigenvalue weighted by Gasteiger charge is -2.30. The third kappa shape index (κ3) is 4.12. The minimum absolute atomic E-state index is 0.0439. The number of Topliss-reactive ketones (excluding diaryl/α,β-unsaturated/α-hetero) is 1. The molecule has 4 rings (SSSR count). The van der Waals surface area contributed by atoms with Crippen molar-refractivity contribution in [2.45, 2.75) is 12.8 Å². The second kappa shape index (κ2) is 8.28. The molecule has 0 atom stereocenters. The molecule has 0 saturated carbocycles. The minimum Gasteiger partial charge on any atom is -0.340 e. The molecule has 8 heteroatoms. The maximum atomic E-state index is 13.0. The zero-order valence-electron chi connectivity index (χ0n) is 16.0. The monoisotopic (exact) mass is 406 g/mol. The first kappa shape index (κ1) is 19.5. The summed E-state index contributed by atoms with van der Waals surface area (Å²) in [5.41, 5.74) is 1.93. The molecule has 0 aliphatic carbocycles. The maximum Gasteiger partial charge on any atom is 0.276 e. The average Bonchev–Trinajstić information content (AvgIpc) is 3.19. The van der Waals surface area contributed by atoms with Gasteiger partial charge in [-0.25, -0.2) is 9.37 Å². The first-order valence-corrected chi connectivity index (χ1v) is 9.53. The SMILES string of the molecule is O=C(Cc1ccc(NC(=O)c2nc[nH]c2C(=O)N2CCC2)cc1)c1ccc(F)cc1. The Hall–Kier alpha value is -3.81. The third-order valence-electron chi connectivity index (χ3n) is 4.95. The van der Waals surface area contributed by atoms with Gasteiger partial charge in [-0.3, -0.25) is 14.4 Å². The summed E-state index contributed by atoms with van der Waals surface area (Å²) in [6.45, 7) is 1.36. The number of anilines is 1. The van der Waals surface area contributed by atoms with Gasteiger partial charge in [0.25, 0.3) is 11.8 Å². The van der Waals surface area contributed by atoms with E-state index >= 15 is 0 Å². The number of benzene rings is 2. The molecule has 152 valence electrons. The summed E-state index contributed by atoms with van der Waals surface area (Å²) in [5.74, 6) is -1.25. The largest absolute Gasteiger partial charge is 0.340 e. The molecule has 3 aromatic rings. The molecule has 1 saturated heterocycles. The lowest BCUT2D eigenvalue weighted by Crippen LogP contribution is -2.42. The van der Waals surface area contributed by atoms with Crippen LogP contribution < -0.4 is 5.32 Å². The molecule has 1 aliphatic rings. The van der Waals surface area contributed by atoms with Crippen LogP contribution in [-0.4, -0.2) is 45.6 Å². The average molecular weight is 406 g/mol. The van der Waals surface area contributed by atoms with Crippen molar-refractivity contribution in [2.75, 3.05) is 18.4 Å². The van der Waals surface area contributed by atoms with E-state index in [1.807, 2.05) is 0 Å². The van der Waals surface area contributed by atoms with Gasteiger partial charge in [0, 0.05) is 30.8 Å². The molecule has 1 aromatic heterocycles. The second-order valence-electron chi connectivity index (χ2n) is 7.03. The zero-order chi connectivity index (χ0) is 21.1. The van der Waals surface area contributed by atoms with Gasteiger partial charge in [0.1, 0.15) is 11.5 Å². The fourth-order valence-corrected chi connectivity index (χ4v) is 3.13. The van der Waals surface area contributed by atoms with Crippen molar-refractivity contribution in [3.63, 3.8) is 0 Å². The normalized spacial score (nSPS) is 12.9. The molecular weight excluding hydrogens is 387 g/mol. The highest BCUT2D eigenvalue weighted by Gasteiger charge is 2.27. The van der Waals surface area contributed by atoms with Gasteiger partial charge in [0.15, 0.2) is 11.5 Å². The smallest absolute Gasteiger partial charge is 0.276 e. The Labute approximate surface area is 171 Å². The van der Waals surface area contributed by atoms with Crippen LogP contribution in [0.2, 0.25) is 0 Å². The van der Waals surface area contributed by atoms with Crippen LogP contribution in [-0.2, 0) is 6.42 Å². The Balaban J connectivity index is 1.39. The van der Waals surface area contributed by atoms with Gasteiger partial charge >= 0.3 is 0 Å². The molecule has 2 heterocycles. The fraction of sp³-hybridized carbons (Fsp3) is 0.182. The van der Waals surface area contributed by atoms with E-state index in [1.54, 1.807) is 29.2 Å². The molecule has 1 fully saturated rings. The van der Waals surface area contributed by atoms with E-state index in [0.29, 0.717) is 24.3 Å². The highest BCUT2D eigenvalue weighted by Crippen LogP contribution is 2.17. The number of imidazole rings is 1. The number of carbonyl (C=O) groups excluding carboxylic acids is 3. The van der Waals surface area contributed by atoms with Crippen LogP contribution in [0.25, 0.3) is 0 Å². The van der Waals surface area contributed by atoms with Crippen molar-refractivity contribution in [1.82, 2.24) is 14.9 Å². The van der Waals surface area contributed by atoms with E-state index in [9.17, 15) is 18.8 Å². The molecule has 0 radical (unpaired) electrons. The van der Waals surface area contributed by atoms with E-state index in [0.717, 1.165) is 12.0 Å². The number of H-pyrrole nitrogens is 1. The minimum atomic E-state index is -0.490. The number of nitrogens with zero attached hydrogens (tertiary/aromatic N) is 2. The number of carbonyl (C=O) groups is 3. The third-order valence-corrected chi connectivity index (χ3v) is 4.95. The van der Waals surface area contributed by atoms with E-state index in [1.165, 1.54) is 30.6 Å². The van der Waals surface area contributed by atoms with Crippen LogP contribution in [0.1, 0.15) is 43.3 Å². The summed E-state index contributed by atoms with van der Waals surface area (Å²) in [7, 11) is 0. The summed E-state index contributed by atoms with van der Waals surface area (Å²) in [6, 6.07) is 12.2. The number of ketones is 1. The number of hydrogen-bond acceptors (Lipinski definition) is 4. The quantitative estimate of drug-likeness (QED) is 0.615. The zero-order valence-corrected chi connectivity index (χ0v) is 16.0. The second-order valence-corrected chi connectivity index (χ2v) is 7.03. The molecule has 0 spiro atoms. The first-order chi connectivity index (χ1) is 14.5. The number of rotatable bonds is 6. The number of hydrogen-bond donors (Lipinski definition) is 2. The number of aromatic nitrogens is 2. The lowest BCUT2D eigenvalue weighted by molar-refractivity contribution is 0.0642. The number of aromatic amines is 1. The highest BCUT2D eigenvalue weighted by molar-refractivity contribution is 6.10. The topological polar surface area (TPSA) is 95.2 Å². The highest BCUT2D eigenvalue weighted by atomic mass is 19.1. The van der Waals surface area contributed by atoms with Crippen molar-refractivity contribution in [2.24, 2.45) is 0 Å². The Kier molecular flexibility index (Phi) is 5.38. The molecule has 2 amide bonds. The predicted octanol–water partition coefficient (Wildman–Crippen LogP) is 3.07. The van der Waals surface area contributed by atoms with Crippen molar-refractivity contribution >= 4 is 23.3 Å². The molecule has 1 aliphatic heterocycles. The summed E-state index contributed by atoms with van der Waals surface area (Å²) >= 11 is 0. The van der Waals surface area contributed by atoms with Gasteiger partial charge < -0.3 is 15.2 Å². The van der Waals surface area contributed by atoms with E-state index in [4.69, 9.17) is 0 Å². The standard InChI is InChI=1S/C22H19FN4O3/c23-16-6-4-15(5-7-16)18(28)12-14-2-8-17(9-3-14)26-21(29)19-20(25-13-24-19)22(30)27-10-1-11-27/h2-9,13H,1,10-12H2,(H,24,25)(H,26,29). The molecule has 0 bridgehead atoms. The Morgan fingerprint density at radius 2 is 1.73 bits per heavy atom. The van der Waals surface area contributed by atoms with E-state index in [-0.39, 0.29) is 29.5 Å². The Morgan fingerprint density at radius 1 is 1.03 bits per heavy atom. The van der Waals surface area contributed by atoms with Crippen LogP contribution in [0, 0.1) is 5.82 Å². The summed E-state index contributed by atoms with van der Waals surface area (Å²) in [6.07, 6.45) is 2.44. The van der Waals surface area contributed by atoms with Crippen LogP contribution in [0.15, 0.2) is 54.9 Å². The van der Waals surface area contributed by atoms with Crippen LogP contribution in [0.3, 0.4) is 0 Å². The number of nitrogens with one attached hydrogen (secondary N) is 2. The van der Waals surface area contributed by atoms with Gasteiger partial charge in [-0.05, 0) is 48.4 Å². The maximum absolute atomic E-state index is 13.0. The number of amides is 2. The van der Waals surface area contributed by atoms with Crippen LogP contribution in [0.5, 0.6) is 0 Å². The Morgan fingerprint density at radius 3 is 2.37 bits per heavy atom. The van der Waals surface area contributed by atoms with Gasteiger partial charge in [0.2, 0.25) is 0 Å². The van der Waals surface area contributed by atoms with E-state index < -0.39 is 11.7 Å². The lowest BCUT2D eigenvalue weighted by atomic mass is 10.0. The molecule has 2 N–H and O–H groups in total. The van der Waals surface area contributed by atoms with Gasteiger partial charge in [-0.15, -0.1) is 0 Å². The van der Waals surface area contributed by atoms with Gasteiger partial charge in [0.05, 0.1) is 6.33 Å². The molecule has 2 aromatic carbocycles. The Bertz CT molecular complexity index is 1090. The summed E-state index contributed by atoms with van der Waals surface area (Å²) < 4.78 is 13.0.